The molecule has 6 nitrogen and oxygen atoms in total. The predicted octanol–water partition coefficient (Wildman–Crippen LogP) is -1.01. The maximum atomic E-state index is 10.4. The Morgan fingerprint density at radius 1 is 0.737 bits per heavy atom. The van der Waals surface area contributed by atoms with Crippen LogP contribution in [0.4, 0.5) is 0 Å². The van der Waals surface area contributed by atoms with Crippen LogP contribution in [0.1, 0.15) is 52.4 Å². The molecule has 0 spiro atoms. The summed E-state index contributed by atoms with van der Waals surface area (Å²) in [4.78, 5) is 40.4. The van der Waals surface area contributed by atoms with Crippen molar-refractivity contribution < 1.29 is 55.6 Å². The second kappa shape index (κ2) is 15.2. The molecule has 0 bridgehead atoms. The molecule has 0 N–H and O–H groups in total. The number of carbonyl (C=O) groups is 4. The van der Waals surface area contributed by atoms with E-state index in [4.69, 9.17) is 0 Å². The number of carboxylic acids is 2. The van der Waals surface area contributed by atoms with E-state index in [2.05, 4.69) is 0 Å². The maximum absolute atomic E-state index is 10.4. The van der Waals surface area contributed by atoms with E-state index in [1.165, 1.54) is 0 Å². The summed E-state index contributed by atoms with van der Waals surface area (Å²) < 4.78 is 0. The van der Waals surface area contributed by atoms with Crippen LogP contribution in [0, 0.1) is 0 Å². The van der Waals surface area contributed by atoms with Crippen LogP contribution < -0.4 is 10.2 Å². The van der Waals surface area contributed by atoms with Gasteiger partial charge in [0.05, 0.1) is 0 Å². The molecule has 0 aliphatic rings. The number of hydrogen-bond acceptors (Lipinski definition) is 6. The molecule has 0 amide bonds. The average molecular weight is 349 g/mol. The molecule has 0 aliphatic heterocycles. The van der Waals surface area contributed by atoms with Gasteiger partial charge in [-0.15, -0.1) is 0 Å². The van der Waals surface area contributed by atoms with Gasteiger partial charge in [-0.1, -0.05) is 13.8 Å². The summed E-state index contributed by atoms with van der Waals surface area (Å²) in [7, 11) is 0. The molecule has 0 saturated carbocycles. The number of rotatable bonds is 8. The van der Waals surface area contributed by atoms with E-state index in [1.54, 1.807) is 0 Å². The predicted molar refractivity (Wildman–Crippen MR) is 59.1 cm³/mol. The summed E-state index contributed by atoms with van der Waals surface area (Å²) in [5, 5.41) is 19.5. The largest absolute Gasteiger partial charge is 2.00 e. The molecular formula is C12H18O6Zr. The first kappa shape index (κ1) is 23.3. The van der Waals surface area contributed by atoms with Gasteiger partial charge in [-0.2, -0.15) is 0 Å². The Kier molecular flexibility index (Phi) is 18.6. The first-order chi connectivity index (χ1) is 8.33. The molecule has 0 aliphatic carbocycles. The van der Waals surface area contributed by atoms with Crippen LogP contribution in [-0.4, -0.2) is 23.5 Å². The molecule has 0 heterocycles. The smallest absolute Gasteiger partial charge is 0.550 e. The normalized spacial score (nSPS) is 8.53. The fraction of sp³-hybridized carbons (Fsp3) is 0.667. The maximum Gasteiger partial charge on any atom is 2.00 e. The molecule has 0 saturated heterocycles. The van der Waals surface area contributed by atoms with Gasteiger partial charge in [-0.3, -0.25) is 9.59 Å². The summed E-state index contributed by atoms with van der Waals surface area (Å²) in [6, 6.07) is 0. The van der Waals surface area contributed by atoms with Crippen LogP contribution in [-0.2, 0) is 45.4 Å². The Morgan fingerprint density at radius 3 is 1.16 bits per heavy atom. The Hall–Kier alpha value is -0.837. The van der Waals surface area contributed by atoms with E-state index in [0.717, 1.165) is 0 Å². The van der Waals surface area contributed by atoms with Gasteiger partial charge in [0.15, 0.2) is 0 Å². The molecule has 7 heteroatoms. The SMILES string of the molecule is CCCC(=O)CC(=O)[O-].CCCC(=O)CC(=O)[O-].[Zr+2]. The van der Waals surface area contributed by atoms with Crippen molar-refractivity contribution in [1.29, 1.82) is 0 Å². The van der Waals surface area contributed by atoms with Crippen LogP contribution in [0.3, 0.4) is 0 Å². The zero-order chi connectivity index (χ0) is 14.6. The zero-order valence-corrected chi connectivity index (χ0v) is 13.7. The van der Waals surface area contributed by atoms with Crippen molar-refractivity contribution in [2.45, 2.75) is 52.4 Å². The number of carbonyl (C=O) groups excluding carboxylic acids is 4. The van der Waals surface area contributed by atoms with E-state index >= 15 is 0 Å². The van der Waals surface area contributed by atoms with Gasteiger partial charge >= 0.3 is 26.2 Å². The molecule has 0 unspecified atom stereocenters. The number of carboxylic acid groups (broad SMARTS) is 2. The monoisotopic (exact) mass is 348 g/mol. The van der Waals surface area contributed by atoms with Crippen molar-refractivity contribution >= 4 is 23.5 Å². The van der Waals surface area contributed by atoms with E-state index in [1.807, 2.05) is 13.8 Å². The van der Waals surface area contributed by atoms with E-state index in [-0.39, 0.29) is 37.8 Å². The molecule has 0 rings (SSSR count). The Labute approximate surface area is 131 Å². The molecule has 0 atom stereocenters. The quantitative estimate of drug-likeness (QED) is 0.519. The summed E-state index contributed by atoms with van der Waals surface area (Å²) in [6.45, 7) is 3.65. The van der Waals surface area contributed by atoms with Gasteiger partial charge in [0.2, 0.25) is 0 Å². The Balaban J connectivity index is -0.000000256. The second-order valence-corrected chi connectivity index (χ2v) is 3.67. The topological polar surface area (TPSA) is 114 Å². The fourth-order valence-corrected chi connectivity index (χ4v) is 1.06. The van der Waals surface area contributed by atoms with Crippen LogP contribution in [0.2, 0.25) is 0 Å². The average Bonchev–Trinajstić information content (AvgIpc) is 2.16. The minimum atomic E-state index is -1.28. The van der Waals surface area contributed by atoms with Crippen molar-refractivity contribution in [2.24, 2.45) is 0 Å². The number of Topliss-reactive ketones (excluding diaryl/α,β-unsaturated/α-hetero) is 2. The number of aliphatic carboxylic acids is 2. The molecule has 0 aromatic heterocycles. The number of ketones is 2. The Morgan fingerprint density at radius 2 is 1.00 bits per heavy atom. The van der Waals surface area contributed by atoms with Crippen LogP contribution in [0.5, 0.6) is 0 Å². The van der Waals surface area contributed by atoms with Crippen LogP contribution in [0.15, 0.2) is 0 Å². The second-order valence-electron chi connectivity index (χ2n) is 3.67. The minimum Gasteiger partial charge on any atom is -0.550 e. The summed E-state index contributed by atoms with van der Waals surface area (Å²) in [6.07, 6.45) is 1.21. The van der Waals surface area contributed by atoms with Gasteiger partial charge < -0.3 is 19.8 Å². The minimum absolute atomic E-state index is 0. The van der Waals surface area contributed by atoms with Crippen molar-refractivity contribution in [1.82, 2.24) is 0 Å². The third-order valence-electron chi connectivity index (χ3n) is 1.74. The third-order valence-corrected chi connectivity index (χ3v) is 1.74. The van der Waals surface area contributed by atoms with E-state index < -0.39 is 24.8 Å². The van der Waals surface area contributed by atoms with Crippen molar-refractivity contribution in [3.8, 4) is 0 Å². The van der Waals surface area contributed by atoms with Crippen molar-refractivity contribution in [2.75, 3.05) is 0 Å². The van der Waals surface area contributed by atoms with E-state index in [0.29, 0.717) is 25.7 Å². The molecule has 106 valence electrons. The van der Waals surface area contributed by atoms with Gasteiger partial charge in [-0.25, -0.2) is 0 Å². The molecule has 0 radical (unpaired) electrons. The van der Waals surface area contributed by atoms with Crippen molar-refractivity contribution in [3.63, 3.8) is 0 Å². The summed E-state index contributed by atoms with van der Waals surface area (Å²) in [5.74, 6) is -3.07. The number of hydrogen-bond donors (Lipinski definition) is 0. The molecule has 0 aromatic rings. The van der Waals surface area contributed by atoms with Gasteiger partial charge in [-0.05, 0) is 12.8 Å². The molecule has 0 aromatic carbocycles. The fourth-order valence-electron chi connectivity index (χ4n) is 1.06. The molecular weight excluding hydrogens is 331 g/mol. The Bertz CT molecular complexity index is 271. The van der Waals surface area contributed by atoms with Crippen LogP contribution in [0.25, 0.3) is 0 Å². The first-order valence-corrected chi connectivity index (χ1v) is 5.76. The van der Waals surface area contributed by atoms with Crippen LogP contribution >= 0.6 is 0 Å². The van der Waals surface area contributed by atoms with Crippen molar-refractivity contribution in [3.05, 3.63) is 0 Å². The zero-order valence-electron chi connectivity index (χ0n) is 11.2. The van der Waals surface area contributed by atoms with Gasteiger partial charge in [0.25, 0.3) is 0 Å². The van der Waals surface area contributed by atoms with Gasteiger partial charge in [0, 0.05) is 37.6 Å². The third kappa shape index (κ3) is 22.8. The summed E-state index contributed by atoms with van der Waals surface area (Å²) in [5.41, 5.74) is 0. The standard InChI is InChI=1S/2C6H10O3.Zr/c2*1-2-3-5(7)4-6(8)9;/h2*2-4H2,1H3,(H,8,9);/q;;+2/p-2. The summed E-state index contributed by atoms with van der Waals surface area (Å²) >= 11 is 0. The van der Waals surface area contributed by atoms with Gasteiger partial charge in [0.1, 0.15) is 11.6 Å². The first-order valence-electron chi connectivity index (χ1n) is 5.76. The molecule has 19 heavy (non-hydrogen) atoms. The molecule has 0 fully saturated rings. The van der Waals surface area contributed by atoms with E-state index in [9.17, 15) is 29.4 Å².